The minimum absolute atomic E-state index is 0.117. The first-order valence-corrected chi connectivity index (χ1v) is 8.97. The van der Waals surface area contributed by atoms with Crippen LogP contribution in [0.5, 0.6) is 0 Å². The van der Waals surface area contributed by atoms with E-state index in [0.717, 1.165) is 25.9 Å². The minimum atomic E-state index is -0.179. The van der Waals surface area contributed by atoms with Crippen molar-refractivity contribution in [2.75, 3.05) is 26.2 Å². The molecule has 4 rings (SSSR count). The van der Waals surface area contributed by atoms with Crippen molar-refractivity contribution >= 4 is 11.8 Å². The molecule has 1 aliphatic carbocycles. The molecule has 24 heavy (non-hydrogen) atoms. The fourth-order valence-electron chi connectivity index (χ4n) is 3.85. The minimum Gasteiger partial charge on any atom is -0.342 e. The SMILES string of the molecule is Cc1nc([C@@H]2CCCN(C(=O)[C@H]3CC(=O)N(CC4CC4)C3)C2)no1. The maximum absolute atomic E-state index is 12.9. The van der Waals surface area contributed by atoms with E-state index < -0.39 is 0 Å². The van der Waals surface area contributed by atoms with Gasteiger partial charge in [0, 0.05) is 45.4 Å². The summed E-state index contributed by atoms with van der Waals surface area (Å²) in [7, 11) is 0. The van der Waals surface area contributed by atoms with Crippen LogP contribution >= 0.6 is 0 Å². The number of piperidine rings is 1. The fraction of sp³-hybridized carbons (Fsp3) is 0.765. The number of carbonyl (C=O) groups excluding carboxylic acids is 2. The average Bonchev–Trinajstić information content (AvgIpc) is 3.18. The molecule has 7 nitrogen and oxygen atoms in total. The van der Waals surface area contributed by atoms with Crippen LogP contribution in [-0.2, 0) is 9.59 Å². The van der Waals surface area contributed by atoms with E-state index in [1.54, 1.807) is 6.92 Å². The predicted octanol–water partition coefficient (Wildman–Crippen LogP) is 1.34. The summed E-state index contributed by atoms with van der Waals surface area (Å²) < 4.78 is 5.07. The molecule has 1 aromatic heterocycles. The highest BCUT2D eigenvalue weighted by Crippen LogP contribution is 2.33. The molecule has 1 aromatic rings. The highest BCUT2D eigenvalue weighted by molar-refractivity contribution is 5.89. The van der Waals surface area contributed by atoms with Crippen LogP contribution in [0.4, 0.5) is 0 Å². The molecule has 3 fully saturated rings. The van der Waals surface area contributed by atoms with Crippen LogP contribution in [0, 0.1) is 18.8 Å². The zero-order chi connectivity index (χ0) is 16.7. The first-order valence-electron chi connectivity index (χ1n) is 8.97. The number of hydrogen-bond donors (Lipinski definition) is 0. The Labute approximate surface area is 141 Å². The van der Waals surface area contributed by atoms with E-state index in [1.165, 1.54) is 12.8 Å². The number of aryl methyl sites for hydroxylation is 1. The molecule has 2 amide bonds. The molecule has 1 saturated carbocycles. The number of hydrogen-bond acceptors (Lipinski definition) is 5. The van der Waals surface area contributed by atoms with Crippen molar-refractivity contribution in [2.24, 2.45) is 11.8 Å². The third kappa shape index (κ3) is 3.16. The van der Waals surface area contributed by atoms with E-state index in [0.29, 0.717) is 37.1 Å². The van der Waals surface area contributed by atoms with Crippen LogP contribution in [0.15, 0.2) is 4.52 Å². The Morgan fingerprint density at radius 3 is 2.83 bits per heavy atom. The normalized spacial score (nSPS) is 27.8. The molecule has 0 radical (unpaired) electrons. The molecular weight excluding hydrogens is 308 g/mol. The Hall–Kier alpha value is -1.92. The second-order valence-electron chi connectivity index (χ2n) is 7.44. The van der Waals surface area contributed by atoms with Gasteiger partial charge in [-0.2, -0.15) is 4.98 Å². The van der Waals surface area contributed by atoms with Gasteiger partial charge in [-0.05, 0) is 31.6 Å². The molecule has 2 saturated heterocycles. The number of likely N-dealkylation sites (tertiary alicyclic amines) is 2. The fourth-order valence-corrected chi connectivity index (χ4v) is 3.85. The summed E-state index contributed by atoms with van der Waals surface area (Å²) in [4.78, 5) is 33.1. The third-order valence-corrected chi connectivity index (χ3v) is 5.38. The van der Waals surface area contributed by atoms with Crippen LogP contribution in [0.3, 0.4) is 0 Å². The second kappa shape index (κ2) is 6.18. The van der Waals surface area contributed by atoms with Crippen molar-refractivity contribution in [2.45, 2.75) is 44.9 Å². The van der Waals surface area contributed by atoms with E-state index in [4.69, 9.17) is 4.52 Å². The zero-order valence-electron chi connectivity index (χ0n) is 14.1. The molecule has 7 heteroatoms. The lowest BCUT2D eigenvalue weighted by molar-refractivity contribution is -0.137. The first-order chi connectivity index (χ1) is 11.6. The molecular formula is C17H24N4O3. The van der Waals surface area contributed by atoms with Gasteiger partial charge < -0.3 is 14.3 Å². The van der Waals surface area contributed by atoms with Gasteiger partial charge in [-0.25, -0.2) is 0 Å². The summed E-state index contributed by atoms with van der Waals surface area (Å²) in [6, 6.07) is 0. The summed E-state index contributed by atoms with van der Waals surface area (Å²) in [5, 5.41) is 4.01. The lowest BCUT2D eigenvalue weighted by Crippen LogP contribution is -2.43. The summed E-state index contributed by atoms with van der Waals surface area (Å²) in [5.41, 5.74) is 0. The van der Waals surface area contributed by atoms with E-state index >= 15 is 0 Å². The Bertz CT molecular complexity index is 640. The number of aromatic nitrogens is 2. The van der Waals surface area contributed by atoms with E-state index in [-0.39, 0.29) is 23.7 Å². The maximum Gasteiger partial charge on any atom is 0.228 e. The second-order valence-corrected chi connectivity index (χ2v) is 7.44. The van der Waals surface area contributed by atoms with Crippen molar-refractivity contribution in [1.29, 1.82) is 0 Å². The van der Waals surface area contributed by atoms with Crippen molar-refractivity contribution in [3.05, 3.63) is 11.7 Å². The lowest BCUT2D eigenvalue weighted by Gasteiger charge is -2.33. The van der Waals surface area contributed by atoms with Crippen LogP contribution in [0.2, 0.25) is 0 Å². The zero-order valence-corrected chi connectivity index (χ0v) is 14.1. The predicted molar refractivity (Wildman–Crippen MR) is 85.0 cm³/mol. The molecule has 2 atom stereocenters. The molecule has 0 N–H and O–H groups in total. The monoisotopic (exact) mass is 332 g/mol. The number of nitrogens with zero attached hydrogens (tertiary/aromatic N) is 4. The molecule has 0 aromatic carbocycles. The van der Waals surface area contributed by atoms with Crippen LogP contribution in [-0.4, -0.2) is 57.9 Å². The first kappa shape index (κ1) is 15.6. The van der Waals surface area contributed by atoms with E-state index in [1.807, 2.05) is 9.80 Å². The van der Waals surface area contributed by atoms with Gasteiger partial charge in [-0.15, -0.1) is 0 Å². The largest absolute Gasteiger partial charge is 0.342 e. The number of amides is 2. The topological polar surface area (TPSA) is 79.5 Å². The van der Waals surface area contributed by atoms with Crippen LogP contribution in [0.25, 0.3) is 0 Å². The standard InChI is InChI=1S/C17H24N4O3/c1-11-18-16(19-24-11)13-3-2-6-20(9-13)17(23)14-7-15(22)21(10-14)8-12-4-5-12/h12-14H,2-10H2,1H3/t13-,14+/m1/s1. The summed E-state index contributed by atoms with van der Waals surface area (Å²) in [5.74, 6) is 2.15. The van der Waals surface area contributed by atoms with Crippen LogP contribution in [0.1, 0.15) is 49.7 Å². The van der Waals surface area contributed by atoms with Gasteiger partial charge in [0.1, 0.15) is 0 Å². The van der Waals surface area contributed by atoms with Gasteiger partial charge in [-0.3, -0.25) is 9.59 Å². The molecule has 0 unspecified atom stereocenters. The van der Waals surface area contributed by atoms with Gasteiger partial charge in [0.05, 0.1) is 5.92 Å². The molecule has 3 heterocycles. The Balaban J connectivity index is 1.38. The molecule has 2 aliphatic heterocycles. The van der Waals surface area contributed by atoms with Gasteiger partial charge in [0.2, 0.25) is 17.7 Å². The summed E-state index contributed by atoms with van der Waals surface area (Å²) in [6.07, 6.45) is 4.73. The summed E-state index contributed by atoms with van der Waals surface area (Å²) in [6.45, 7) is 4.61. The van der Waals surface area contributed by atoms with E-state index in [9.17, 15) is 9.59 Å². The van der Waals surface area contributed by atoms with Crippen molar-refractivity contribution in [3.63, 3.8) is 0 Å². The third-order valence-electron chi connectivity index (χ3n) is 5.38. The van der Waals surface area contributed by atoms with Gasteiger partial charge in [-0.1, -0.05) is 5.16 Å². The molecule has 130 valence electrons. The molecule has 0 spiro atoms. The quantitative estimate of drug-likeness (QED) is 0.831. The van der Waals surface area contributed by atoms with Gasteiger partial charge in [0.15, 0.2) is 5.82 Å². The Morgan fingerprint density at radius 2 is 2.12 bits per heavy atom. The number of carbonyl (C=O) groups is 2. The van der Waals surface area contributed by atoms with Gasteiger partial charge >= 0.3 is 0 Å². The number of rotatable bonds is 4. The van der Waals surface area contributed by atoms with Crippen molar-refractivity contribution in [1.82, 2.24) is 19.9 Å². The van der Waals surface area contributed by atoms with Gasteiger partial charge in [0.25, 0.3) is 0 Å². The maximum atomic E-state index is 12.9. The Kier molecular flexibility index (Phi) is 4.02. The molecule has 0 bridgehead atoms. The smallest absolute Gasteiger partial charge is 0.228 e. The lowest BCUT2D eigenvalue weighted by atomic mass is 9.95. The van der Waals surface area contributed by atoms with Crippen molar-refractivity contribution in [3.8, 4) is 0 Å². The highest BCUT2D eigenvalue weighted by atomic mass is 16.5. The average molecular weight is 332 g/mol. The highest BCUT2D eigenvalue weighted by Gasteiger charge is 2.40. The van der Waals surface area contributed by atoms with E-state index in [2.05, 4.69) is 10.1 Å². The Morgan fingerprint density at radius 1 is 1.29 bits per heavy atom. The van der Waals surface area contributed by atoms with Crippen LogP contribution < -0.4 is 0 Å². The summed E-state index contributed by atoms with van der Waals surface area (Å²) >= 11 is 0. The molecule has 3 aliphatic rings. The van der Waals surface area contributed by atoms with Crippen molar-refractivity contribution < 1.29 is 14.1 Å².